The maximum atomic E-state index is 14.1. The molecule has 1 saturated heterocycles. The first kappa shape index (κ1) is 33.4. The normalized spacial score (nSPS) is 28.6. The molecule has 45 heavy (non-hydrogen) atoms. The van der Waals surface area contributed by atoms with Gasteiger partial charge in [0.1, 0.15) is 0 Å². The average Bonchev–Trinajstić information content (AvgIpc) is 3.00. The number of fused-ring (bicyclic) bond motifs is 1. The number of aryl methyl sites for hydroxylation is 2. The van der Waals surface area contributed by atoms with Crippen molar-refractivity contribution in [3.8, 4) is 0 Å². The number of carbonyl (C=O) groups is 2. The lowest BCUT2D eigenvalue weighted by atomic mass is 9.73. The number of carbonyl (C=O) groups excluding carboxylic acids is 2. The molecule has 0 bridgehead atoms. The molecule has 2 N–H and O–H groups in total. The van der Waals surface area contributed by atoms with Gasteiger partial charge in [-0.2, -0.15) is 13.2 Å². The van der Waals surface area contributed by atoms with E-state index in [0.29, 0.717) is 44.3 Å². The van der Waals surface area contributed by atoms with Crippen molar-refractivity contribution in [1.82, 2.24) is 25.1 Å². The zero-order valence-electron chi connectivity index (χ0n) is 27.0. The van der Waals surface area contributed by atoms with Gasteiger partial charge in [-0.25, -0.2) is 0 Å². The van der Waals surface area contributed by atoms with Crippen LogP contribution in [-0.4, -0.2) is 63.7 Å². The molecule has 6 atom stereocenters. The van der Waals surface area contributed by atoms with E-state index < -0.39 is 18.0 Å². The topological polar surface area (TPSA) is 96.3 Å². The molecule has 248 valence electrons. The van der Waals surface area contributed by atoms with Gasteiger partial charge in [0.25, 0.3) is 5.56 Å². The van der Waals surface area contributed by atoms with Gasteiger partial charge in [-0.15, -0.1) is 0 Å². The first-order chi connectivity index (χ1) is 21.3. The van der Waals surface area contributed by atoms with Gasteiger partial charge >= 0.3 is 6.18 Å². The summed E-state index contributed by atoms with van der Waals surface area (Å²) in [5.41, 5.74) is 2.46. The van der Waals surface area contributed by atoms with E-state index in [-0.39, 0.29) is 60.2 Å². The molecule has 2 amide bonds. The molecule has 1 aliphatic heterocycles. The SMILES string of the molecule is CCCc1cc2c(cn1)cc(C1CC(NC(=O)C3CC(N4CCC(NC(C)=O)CC4)CC(C(F)(F)F)C3)CCC1C)c(=O)n2C. The smallest absolute Gasteiger partial charge is 0.354 e. The summed E-state index contributed by atoms with van der Waals surface area (Å²) in [6.07, 6.45) is 2.97. The van der Waals surface area contributed by atoms with Crippen LogP contribution in [-0.2, 0) is 23.1 Å². The summed E-state index contributed by atoms with van der Waals surface area (Å²) in [4.78, 5) is 45.3. The Morgan fingerprint density at radius 3 is 2.40 bits per heavy atom. The summed E-state index contributed by atoms with van der Waals surface area (Å²) in [6.45, 7) is 6.90. The van der Waals surface area contributed by atoms with Crippen molar-refractivity contribution in [3.63, 3.8) is 0 Å². The summed E-state index contributed by atoms with van der Waals surface area (Å²) in [7, 11) is 1.79. The summed E-state index contributed by atoms with van der Waals surface area (Å²) < 4.78 is 43.9. The molecule has 3 fully saturated rings. The van der Waals surface area contributed by atoms with Crippen LogP contribution in [0.1, 0.15) is 95.7 Å². The minimum Gasteiger partial charge on any atom is -0.354 e. The standard InChI is InChI=1S/C34H48F3N5O3/c1-5-6-26-18-31-23(19-38-26)15-30(33(45)41(31)4)29-17-27(8-7-20(29)2)40-32(44)22-13-24(34(35,36)37)16-28(14-22)42-11-9-25(10-12-42)39-21(3)43/h15,18-20,22,24-25,27-29H,5-14,16-17H2,1-4H3,(H,39,43)(H,40,44). The molecule has 5 rings (SSSR count). The number of piperidine rings is 1. The maximum Gasteiger partial charge on any atom is 0.391 e. The van der Waals surface area contributed by atoms with E-state index in [0.717, 1.165) is 42.3 Å². The minimum atomic E-state index is -4.36. The number of hydrogen-bond acceptors (Lipinski definition) is 5. The van der Waals surface area contributed by atoms with Crippen molar-refractivity contribution in [3.05, 3.63) is 39.9 Å². The third-order valence-corrected chi connectivity index (χ3v) is 10.6. The van der Waals surface area contributed by atoms with Gasteiger partial charge in [0.05, 0.1) is 11.4 Å². The van der Waals surface area contributed by atoms with Crippen molar-refractivity contribution in [1.29, 1.82) is 0 Å². The quantitative estimate of drug-likeness (QED) is 0.437. The number of nitrogens with one attached hydrogen (secondary N) is 2. The van der Waals surface area contributed by atoms with Crippen LogP contribution < -0.4 is 16.2 Å². The summed E-state index contributed by atoms with van der Waals surface area (Å²) in [5.74, 6) is -2.50. The van der Waals surface area contributed by atoms with Gasteiger partial charge in [-0.3, -0.25) is 19.4 Å². The molecule has 2 saturated carbocycles. The molecule has 2 aromatic heterocycles. The third-order valence-electron chi connectivity index (χ3n) is 10.6. The fraction of sp³-hybridized carbons (Fsp3) is 0.706. The highest BCUT2D eigenvalue weighted by molar-refractivity contribution is 5.80. The van der Waals surface area contributed by atoms with Crippen LogP contribution in [0.2, 0.25) is 0 Å². The Hall–Kier alpha value is -2.95. The van der Waals surface area contributed by atoms with Crippen molar-refractivity contribution in [2.75, 3.05) is 13.1 Å². The van der Waals surface area contributed by atoms with Crippen LogP contribution in [0, 0.1) is 17.8 Å². The fourth-order valence-electron chi connectivity index (χ4n) is 8.06. The Kier molecular flexibility index (Phi) is 10.3. The highest BCUT2D eigenvalue weighted by atomic mass is 19.4. The molecule has 2 aromatic rings. The Balaban J connectivity index is 1.28. The largest absolute Gasteiger partial charge is 0.391 e. The number of likely N-dealkylation sites (tertiary alicyclic amines) is 1. The maximum absolute atomic E-state index is 14.1. The van der Waals surface area contributed by atoms with E-state index in [1.807, 2.05) is 18.3 Å². The highest BCUT2D eigenvalue weighted by Gasteiger charge is 2.48. The predicted octanol–water partition coefficient (Wildman–Crippen LogP) is 5.22. The van der Waals surface area contributed by atoms with Crippen molar-refractivity contribution in [2.24, 2.45) is 24.8 Å². The van der Waals surface area contributed by atoms with Gasteiger partial charge in [-0.1, -0.05) is 20.3 Å². The number of nitrogens with zero attached hydrogens (tertiary/aromatic N) is 3. The van der Waals surface area contributed by atoms with Gasteiger partial charge < -0.3 is 20.1 Å². The van der Waals surface area contributed by atoms with Crippen LogP contribution >= 0.6 is 0 Å². The van der Waals surface area contributed by atoms with E-state index in [9.17, 15) is 27.6 Å². The van der Waals surface area contributed by atoms with Crippen LogP contribution in [0.4, 0.5) is 13.2 Å². The van der Waals surface area contributed by atoms with Crippen molar-refractivity contribution in [2.45, 2.75) is 115 Å². The van der Waals surface area contributed by atoms with Gasteiger partial charge in [0, 0.05) is 73.9 Å². The zero-order valence-corrected chi connectivity index (χ0v) is 27.0. The van der Waals surface area contributed by atoms with Gasteiger partial charge in [0.15, 0.2) is 0 Å². The van der Waals surface area contributed by atoms with E-state index in [1.165, 1.54) is 6.92 Å². The molecular formula is C34H48F3N5O3. The lowest BCUT2D eigenvalue weighted by Gasteiger charge is -2.44. The number of hydrogen-bond donors (Lipinski definition) is 2. The van der Waals surface area contributed by atoms with Crippen LogP contribution in [0.15, 0.2) is 23.1 Å². The van der Waals surface area contributed by atoms with E-state index in [2.05, 4.69) is 34.4 Å². The first-order valence-corrected chi connectivity index (χ1v) is 16.7. The number of pyridine rings is 2. The Bertz CT molecular complexity index is 1430. The second-order valence-corrected chi connectivity index (χ2v) is 13.9. The molecule has 3 heterocycles. The van der Waals surface area contributed by atoms with E-state index in [1.54, 1.807) is 11.6 Å². The molecule has 8 nitrogen and oxygen atoms in total. The molecule has 11 heteroatoms. The Morgan fingerprint density at radius 1 is 1.00 bits per heavy atom. The predicted molar refractivity (Wildman–Crippen MR) is 168 cm³/mol. The number of amides is 2. The lowest BCUT2D eigenvalue weighted by molar-refractivity contribution is -0.192. The minimum absolute atomic E-state index is 0.00114. The van der Waals surface area contributed by atoms with Gasteiger partial charge in [0.2, 0.25) is 11.8 Å². The average molecular weight is 632 g/mol. The molecule has 0 radical (unpaired) electrons. The van der Waals surface area contributed by atoms with E-state index in [4.69, 9.17) is 0 Å². The second kappa shape index (κ2) is 13.8. The van der Waals surface area contributed by atoms with Crippen molar-refractivity contribution >= 4 is 22.7 Å². The molecule has 3 aliphatic rings. The van der Waals surface area contributed by atoms with Crippen LogP contribution in [0.5, 0.6) is 0 Å². The number of aromatic nitrogens is 2. The monoisotopic (exact) mass is 631 g/mol. The third kappa shape index (κ3) is 7.72. The van der Waals surface area contributed by atoms with Crippen LogP contribution in [0.3, 0.4) is 0 Å². The summed E-state index contributed by atoms with van der Waals surface area (Å²) in [6, 6.07) is 3.43. The molecule has 0 aromatic carbocycles. The molecule has 6 unspecified atom stereocenters. The number of alkyl halides is 3. The molecule has 2 aliphatic carbocycles. The zero-order chi connectivity index (χ0) is 32.5. The number of halogens is 3. The Labute approximate surface area is 263 Å². The lowest BCUT2D eigenvalue weighted by Crippen LogP contribution is -2.53. The van der Waals surface area contributed by atoms with Crippen molar-refractivity contribution < 1.29 is 22.8 Å². The fourth-order valence-corrected chi connectivity index (χ4v) is 8.06. The molecular weight excluding hydrogens is 583 g/mol. The van der Waals surface area contributed by atoms with E-state index >= 15 is 0 Å². The highest BCUT2D eigenvalue weighted by Crippen LogP contribution is 2.43. The van der Waals surface area contributed by atoms with Crippen LogP contribution in [0.25, 0.3) is 10.9 Å². The first-order valence-electron chi connectivity index (χ1n) is 16.7. The van der Waals surface area contributed by atoms with Gasteiger partial charge in [-0.05, 0) is 81.8 Å². The summed E-state index contributed by atoms with van der Waals surface area (Å²) >= 11 is 0. The molecule has 0 spiro atoms. The Morgan fingerprint density at radius 2 is 1.73 bits per heavy atom. The number of rotatable bonds is 7. The second-order valence-electron chi connectivity index (χ2n) is 13.9. The summed E-state index contributed by atoms with van der Waals surface area (Å²) in [5, 5.41) is 6.95.